The van der Waals surface area contributed by atoms with Crippen molar-refractivity contribution in [3.8, 4) is 0 Å². The Labute approximate surface area is 119 Å². The summed E-state index contributed by atoms with van der Waals surface area (Å²) in [6, 6.07) is 6.24. The first kappa shape index (κ1) is 14.2. The number of aromatic nitrogens is 2. The number of nitrogens with two attached hydrogens (primary N) is 1. The molecule has 1 atom stereocenters. The van der Waals surface area contributed by atoms with Crippen LogP contribution in [0.5, 0.6) is 0 Å². The molecule has 0 aliphatic carbocycles. The molecular weight excluding hydrogens is 254 g/mol. The minimum Gasteiger partial charge on any atom is -0.319 e. The number of hydrogen-bond acceptors (Lipinski definition) is 4. The Kier molecular flexibility index (Phi) is 3.74. The quantitative estimate of drug-likeness (QED) is 0.912. The molecule has 0 fully saturated rings. The first-order valence-corrected chi connectivity index (χ1v) is 7.23. The molecule has 0 aliphatic heterocycles. The van der Waals surface area contributed by atoms with E-state index in [1.54, 1.807) is 0 Å². The zero-order valence-electron chi connectivity index (χ0n) is 12.2. The number of benzene rings is 1. The van der Waals surface area contributed by atoms with Gasteiger partial charge in [-0.2, -0.15) is 0 Å². The van der Waals surface area contributed by atoms with Gasteiger partial charge in [0.15, 0.2) is 0 Å². The van der Waals surface area contributed by atoms with Crippen molar-refractivity contribution in [3.63, 3.8) is 0 Å². The smallest absolute Gasteiger partial charge is 0.0860 e. The summed E-state index contributed by atoms with van der Waals surface area (Å²) in [7, 11) is 0. The number of rotatable bonds is 2. The second kappa shape index (κ2) is 5.02. The molecule has 0 amide bonds. The fraction of sp³-hybridized carbons (Fsp3) is 0.467. The Morgan fingerprint density at radius 1 is 1.21 bits per heavy atom. The zero-order valence-corrected chi connectivity index (χ0v) is 13.0. The number of hydrogen-bond donors (Lipinski definition) is 1. The largest absolute Gasteiger partial charge is 0.319 e. The molecule has 2 aromatic rings. The molecule has 19 heavy (non-hydrogen) atoms. The Morgan fingerprint density at radius 3 is 2.47 bits per heavy atom. The minimum absolute atomic E-state index is 0.0292. The molecule has 0 saturated carbocycles. The van der Waals surface area contributed by atoms with E-state index in [9.17, 15) is 0 Å². The summed E-state index contributed by atoms with van der Waals surface area (Å²) in [6.45, 7) is 10.6. The highest BCUT2D eigenvalue weighted by Crippen LogP contribution is 2.33. The van der Waals surface area contributed by atoms with E-state index < -0.39 is 0 Å². The number of nitrogens with zero attached hydrogens (tertiary/aromatic N) is 2. The summed E-state index contributed by atoms with van der Waals surface area (Å²) in [6.07, 6.45) is 0. The van der Waals surface area contributed by atoms with Gasteiger partial charge in [0.1, 0.15) is 0 Å². The van der Waals surface area contributed by atoms with Gasteiger partial charge in [0.05, 0.1) is 16.6 Å². The molecule has 1 aromatic heterocycles. The Morgan fingerprint density at radius 2 is 1.89 bits per heavy atom. The third-order valence-electron chi connectivity index (χ3n) is 3.27. The van der Waals surface area contributed by atoms with Crippen LogP contribution in [-0.2, 0) is 5.41 Å². The topological polar surface area (TPSA) is 51.8 Å². The van der Waals surface area contributed by atoms with Gasteiger partial charge in [0.25, 0.3) is 0 Å². The maximum Gasteiger partial charge on any atom is 0.0860 e. The average Bonchev–Trinajstić information content (AvgIpc) is 2.76. The molecular formula is C15H21N3S. The van der Waals surface area contributed by atoms with Gasteiger partial charge in [-0.15, -0.1) is 5.10 Å². The van der Waals surface area contributed by atoms with Crippen LogP contribution in [0.15, 0.2) is 18.2 Å². The van der Waals surface area contributed by atoms with E-state index in [4.69, 9.17) is 5.73 Å². The van der Waals surface area contributed by atoms with Crippen molar-refractivity contribution in [3.05, 3.63) is 45.5 Å². The Hall–Kier alpha value is -1.26. The van der Waals surface area contributed by atoms with Gasteiger partial charge in [0.2, 0.25) is 0 Å². The number of aryl methyl sites for hydroxylation is 2. The summed E-state index contributed by atoms with van der Waals surface area (Å²) < 4.78 is 4.09. The minimum atomic E-state index is -0.144. The van der Waals surface area contributed by atoms with E-state index in [0.29, 0.717) is 0 Å². The van der Waals surface area contributed by atoms with Crippen molar-refractivity contribution in [2.45, 2.75) is 46.1 Å². The van der Waals surface area contributed by atoms with Crippen molar-refractivity contribution in [2.24, 2.45) is 5.73 Å². The molecule has 3 nitrogen and oxygen atoms in total. The maximum absolute atomic E-state index is 6.44. The third-order valence-corrected chi connectivity index (χ3v) is 4.07. The zero-order chi connectivity index (χ0) is 14.2. The van der Waals surface area contributed by atoms with Gasteiger partial charge in [-0.3, -0.25) is 0 Å². The van der Waals surface area contributed by atoms with Crippen LogP contribution in [0.2, 0.25) is 0 Å². The van der Waals surface area contributed by atoms with Crippen LogP contribution >= 0.6 is 11.5 Å². The molecule has 2 rings (SSSR count). The molecule has 0 spiro atoms. The first-order valence-electron chi connectivity index (χ1n) is 6.46. The molecule has 0 bridgehead atoms. The van der Waals surface area contributed by atoms with Crippen LogP contribution in [0.1, 0.15) is 54.1 Å². The molecule has 1 heterocycles. The van der Waals surface area contributed by atoms with Gasteiger partial charge in [-0.05, 0) is 36.5 Å². The molecule has 1 aromatic carbocycles. The van der Waals surface area contributed by atoms with Gasteiger partial charge in [-0.25, -0.2) is 0 Å². The van der Waals surface area contributed by atoms with E-state index in [1.807, 2.05) is 0 Å². The lowest BCUT2D eigenvalue weighted by Crippen LogP contribution is -2.20. The average molecular weight is 275 g/mol. The van der Waals surface area contributed by atoms with Crippen molar-refractivity contribution in [1.82, 2.24) is 9.59 Å². The second-order valence-corrected chi connectivity index (χ2v) is 6.86. The highest BCUT2D eigenvalue weighted by molar-refractivity contribution is 7.05. The highest BCUT2D eigenvalue weighted by atomic mass is 32.1. The van der Waals surface area contributed by atoms with Crippen molar-refractivity contribution >= 4 is 11.5 Å². The van der Waals surface area contributed by atoms with Crippen LogP contribution < -0.4 is 5.73 Å². The summed E-state index contributed by atoms with van der Waals surface area (Å²) in [5, 5.41) is 4.27. The monoisotopic (exact) mass is 275 g/mol. The molecule has 1 unspecified atom stereocenters. The predicted octanol–water partition coefficient (Wildman–Crippen LogP) is 3.50. The molecule has 0 aliphatic rings. The predicted molar refractivity (Wildman–Crippen MR) is 80.6 cm³/mol. The van der Waals surface area contributed by atoms with E-state index in [0.717, 1.165) is 16.1 Å². The Balaban J connectivity index is 2.45. The molecule has 0 radical (unpaired) electrons. The Bertz CT molecular complexity index is 581. The van der Waals surface area contributed by atoms with Gasteiger partial charge < -0.3 is 5.73 Å². The SMILES string of the molecule is Cc1ccc(C(N)c2snnc2C(C)(C)C)c(C)c1. The molecule has 0 saturated heterocycles. The van der Waals surface area contributed by atoms with E-state index >= 15 is 0 Å². The van der Waals surface area contributed by atoms with Gasteiger partial charge in [-0.1, -0.05) is 49.0 Å². The van der Waals surface area contributed by atoms with Crippen molar-refractivity contribution in [2.75, 3.05) is 0 Å². The molecule has 2 N–H and O–H groups in total. The lowest BCUT2D eigenvalue weighted by Gasteiger charge is -2.20. The van der Waals surface area contributed by atoms with Gasteiger partial charge >= 0.3 is 0 Å². The van der Waals surface area contributed by atoms with E-state index in [1.165, 1.54) is 22.7 Å². The van der Waals surface area contributed by atoms with Crippen LogP contribution in [0.25, 0.3) is 0 Å². The molecule has 4 heteroatoms. The fourth-order valence-electron chi connectivity index (χ4n) is 2.24. The summed E-state index contributed by atoms with van der Waals surface area (Å²) in [4.78, 5) is 1.07. The van der Waals surface area contributed by atoms with Crippen LogP contribution in [0.4, 0.5) is 0 Å². The summed E-state index contributed by atoms with van der Waals surface area (Å²) >= 11 is 1.41. The van der Waals surface area contributed by atoms with E-state index in [-0.39, 0.29) is 11.5 Å². The van der Waals surface area contributed by atoms with Gasteiger partial charge in [0, 0.05) is 5.41 Å². The van der Waals surface area contributed by atoms with E-state index in [2.05, 4.69) is 62.4 Å². The third kappa shape index (κ3) is 2.85. The fourth-order valence-corrected chi connectivity index (χ4v) is 3.12. The van der Waals surface area contributed by atoms with Crippen LogP contribution in [0.3, 0.4) is 0 Å². The van der Waals surface area contributed by atoms with Crippen molar-refractivity contribution in [1.29, 1.82) is 0 Å². The summed E-state index contributed by atoms with van der Waals surface area (Å²) in [5.41, 5.74) is 11.0. The lowest BCUT2D eigenvalue weighted by atomic mass is 9.88. The standard InChI is InChI=1S/C15H21N3S/c1-9-6-7-11(10(2)8-9)12(16)13-14(15(3,4)5)17-18-19-13/h6-8,12H,16H2,1-5H3. The van der Waals surface area contributed by atoms with Crippen LogP contribution in [-0.4, -0.2) is 9.59 Å². The lowest BCUT2D eigenvalue weighted by molar-refractivity contribution is 0.556. The highest BCUT2D eigenvalue weighted by Gasteiger charge is 2.26. The molecule has 102 valence electrons. The van der Waals surface area contributed by atoms with Crippen LogP contribution in [0, 0.1) is 13.8 Å². The second-order valence-electron chi connectivity index (χ2n) is 6.07. The maximum atomic E-state index is 6.44. The normalized spacial score (nSPS) is 13.6. The van der Waals surface area contributed by atoms with Crippen molar-refractivity contribution < 1.29 is 0 Å². The summed E-state index contributed by atoms with van der Waals surface area (Å²) in [5.74, 6) is 0. The first-order chi connectivity index (χ1) is 8.80.